The van der Waals surface area contributed by atoms with Crippen molar-refractivity contribution in [3.05, 3.63) is 35.4 Å². The van der Waals surface area contributed by atoms with Gasteiger partial charge in [-0.25, -0.2) is 8.78 Å². The van der Waals surface area contributed by atoms with Crippen molar-refractivity contribution in [1.29, 1.82) is 0 Å². The lowest BCUT2D eigenvalue weighted by Crippen LogP contribution is -2.15. The summed E-state index contributed by atoms with van der Waals surface area (Å²) in [4.78, 5) is 12.7. The summed E-state index contributed by atoms with van der Waals surface area (Å²) in [7, 11) is 1.51. The van der Waals surface area contributed by atoms with Gasteiger partial charge in [-0.2, -0.15) is 4.80 Å². The third-order valence-electron chi connectivity index (χ3n) is 1.93. The van der Waals surface area contributed by atoms with Crippen LogP contribution in [-0.2, 0) is 7.05 Å². The maximum absolute atomic E-state index is 13.3. The Morgan fingerprint density at radius 2 is 2.18 bits per heavy atom. The summed E-state index contributed by atoms with van der Waals surface area (Å²) in [6.45, 7) is 0. The van der Waals surface area contributed by atoms with Crippen LogP contribution in [0.3, 0.4) is 0 Å². The summed E-state index contributed by atoms with van der Waals surface area (Å²) in [5.41, 5.74) is -0.419. The number of carbonyl (C=O) groups is 1. The second-order valence-corrected chi connectivity index (χ2v) is 3.16. The monoisotopic (exact) mass is 239 g/mol. The molecule has 1 N–H and O–H groups in total. The molecule has 0 aliphatic rings. The highest BCUT2D eigenvalue weighted by Gasteiger charge is 2.16. The normalized spacial score (nSPS) is 10.3. The predicted octanol–water partition coefficient (Wildman–Crippen LogP) is 0.741. The number of hydrogen-bond donors (Lipinski definition) is 1. The lowest BCUT2D eigenvalue weighted by molar-refractivity contribution is 0.102. The zero-order chi connectivity index (χ0) is 12.4. The summed E-state index contributed by atoms with van der Waals surface area (Å²) in [5.74, 6) is -3.23. The van der Waals surface area contributed by atoms with E-state index < -0.39 is 23.1 Å². The van der Waals surface area contributed by atoms with Crippen LogP contribution in [0, 0.1) is 11.6 Å². The van der Waals surface area contributed by atoms with Crippen molar-refractivity contribution in [2.24, 2.45) is 7.05 Å². The van der Waals surface area contributed by atoms with Crippen LogP contribution in [0.15, 0.2) is 18.2 Å². The maximum atomic E-state index is 13.3. The lowest BCUT2D eigenvalue weighted by Gasteiger charge is -2.02. The number of anilines is 1. The number of halogens is 2. The minimum absolute atomic E-state index is 0.0823. The van der Waals surface area contributed by atoms with Crippen molar-refractivity contribution in [2.75, 3.05) is 5.32 Å². The van der Waals surface area contributed by atoms with Gasteiger partial charge in [-0.3, -0.25) is 10.1 Å². The third-order valence-corrected chi connectivity index (χ3v) is 1.93. The van der Waals surface area contributed by atoms with Crippen molar-refractivity contribution in [3.8, 4) is 0 Å². The number of carbonyl (C=O) groups excluding carboxylic acids is 1. The summed E-state index contributed by atoms with van der Waals surface area (Å²) in [6, 6.07) is 3.31. The molecule has 0 saturated heterocycles. The number of nitrogens with one attached hydrogen (secondary N) is 1. The number of amides is 1. The fourth-order valence-corrected chi connectivity index (χ4v) is 1.18. The van der Waals surface area contributed by atoms with Gasteiger partial charge in [0.1, 0.15) is 0 Å². The second-order valence-electron chi connectivity index (χ2n) is 3.16. The van der Waals surface area contributed by atoms with Gasteiger partial charge in [-0.15, -0.1) is 5.10 Å². The Balaban J connectivity index is 2.23. The Kier molecular flexibility index (Phi) is 2.77. The largest absolute Gasteiger partial charge is 0.288 e. The Hall–Kier alpha value is -2.38. The Bertz CT molecular complexity index is 568. The first-order valence-corrected chi connectivity index (χ1v) is 4.57. The van der Waals surface area contributed by atoms with Crippen LogP contribution < -0.4 is 5.32 Å². The van der Waals surface area contributed by atoms with Crippen molar-refractivity contribution < 1.29 is 13.6 Å². The van der Waals surface area contributed by atoms with E-state index >= 15 is 0 Å². The SMILES string of the molecule is Cn1nnc(NC(=O)c2cccc(F)c2F)n1. The average Bonchev–Trinajstić information content (AvgIpc) is 2.68. The summed E-state index contributed by atoms with van der Waals surface area (Å²) < 4.78 is 26.1. The first kappa shape index (κ1) is 11.1. The zero-order valence-corrected chi connectivity index (χ0v) is 8.69. The molecule has 1 heterocycles. The predicted molar refractivity (Wildman–Crippen MR) is 53.1 cm³/mol. The number of rotatable bonds is 2. The number of hydrogen-bond acceptors (Lipinski definition) is 4. The molecule has 0 bridgehead atoms. The number of aromatic nitrogens is 4. The van der Waals surface area contributed by atoms with Crippen LogP contribution in [0.1, 0.15) is 10.4 Å². The van der Waals surface area contributed by atoms with E-state index in [0.717, 1.165) is 16.9 Å². The Morgan fingerprint density at radius 1 is 1.41 bits per heavy atom. The third kappa shape index (κ3) is 2.25. The maximum Gasteiger partial charge on any atom is 0.270 e. The molecule has 2 rings (SSSR count). The van der Waals surface area contributed by atoms with Gasteiger partial charge in [-0.05, 0) is 17.3 Å². The number of aryl methyl sites for hydroxylation is 1. The summed E-state index contributed by atoms with van der Waals surface area (Å²) in [5, 5.41) is 12.8. The van der Waals surface area contributed by atoms with E-state index in [-0.39, 0.29) is 5.95 Å². The van der Waals surface area contributed by atoms with Crippen LogP contribution in [0.2, 0.25) is 0 Å². The molecule has 6 nitrogen and oxygen atoms in total. The molecular formula is C9H7F2N5O. The van der Waals surface area contributed by atoms with E-state index in [2.05, 4.69) is 20.7 Å². The lowest BCUT2D eigenvalue weighted by atomic mass is 10.2. The first-order chi connectivity index (χ1) is 8.08. The van der Waals surface area contributed by atoms with Crippen molar-refractivity contribution in [2.45, 2.75) is 0 Å². The van der Waals surface area contributed by atoms with E-state index in [1.165, 1.54) is 13.1 Å². The van der Waals surface area contributed by atoms with E-state index in [9.17, 15) is 13.6 Å². The quantitative estimate of drug-likeness (QED) is 0.838. The van der Waals surface area contributed by atoms with E-state index in [0.29, 0.717) is 0 Å². The van der Waals surface area contributed by atoms with E-state index in [1.54, 1.807) is 0 Å². The Labute approximate surface area is 94.2 Å². The minimum atomic E-state index is -1.21. The van der Waals surface area contributed by atoms with Crippen molar-refractivity contribution in [1.82, 2.24) is 20.2 Å². The van der Waals surface area contributed by atoms with Gasteiger partial charge in [0.05, 0.1) is 12.6 Å². The molecule has 1 amide bonds. The van der Waals surface area contributed by atoms with Gasteiger partial charge in [0, 0.05) is 0 Å². The van der Waals surface area contributed by atoms with Gasteiger partial charge in [-0.1, -0.05) is 11.2 Å². The van der Waals surface area contributed by atoms with Crippen LogP contribution >= 0.6 is 0 Å². The van der Waals surface area contributed by atoms with Gasteiger partial charge in [0.2, 0.25) is 0 Å². The molecule has 0 saturated carbocycles. The van der Waals surface area contributed by atoms with E-state index in [1.807, 2.05) is 0 Å². The van der Waals surface area contributed by atoms with Gasteiger partial charge in [0.15, 0.2) is 11.6 Å². The molecule has 0 radical (unpaired) electrons. The summed E-state index contributed by atoms with van der Waals surface area (Å²) in [6.07, 6.45) is 0. The highest BCUT2D eigenvalue weighted by molar-refractivity contribution is 6.03. The van der Waals surface area contributed by atoms with Crippen molar-refractivity contribution >= 4 is 11.9 Å². The minimum Gasteiger partial charge on any atom is -0.288 e. The number of benzene rings is 1. The molecular weight excluding hydrogens is 232 g/mol. The smallest absolute Gasteiger partial charge is 0.270 e. The number of tetrazole rings is 1. The highest BCUT2D eigenvalue weighted by atomic mass is 19.2. The number of nitrogens with zero attached hydrogens (tertiary/aromatic N) is 4. The molecule has 2 aromatic rings. The molecule has 0 fully saturated rings. The highest BCUT2D eigenvalue weighted by Crippen LogP contribution is 2.12. The van der Waals surface area contributed by atoms with Gasteiger partial charge >= 0.3 is 0 Å². The molecule has 1 aromatic heterocycles. The topological polar surface area (TPSA) is 72.7 Å². The zero-order valence-electron chi connectivity index (χ0n) is 8.69. The van der Waals surface area contributed by atoms with Crippen LogP contribution in [0.4, 0.5) is 14.7 Å². The molecule has 0 spiro atoms. The Morgan fingerprint density at radius 3 is 2.82 bits per heavy atom. The first-order valence-electron chi connectivity index (χ1n) is 4.57. The fourth-order valence-electron chi connectivity index (χ4n) is 1.18. The van der Waals surface area contributed by atoms with Crippen LogP contribution in [-0.4, -0.2) is 26.1 Å². The van der Waals surface area contributed by atoms with Gasteiger partial charge in [0.25, 0.3) is 11.9 Å². The van der Waals surface area contributed by atoms with Crippen molar-refractivity contribution in [3.63, 3.8) is 0 Å². The standard InChI is InChI=1S/C9H7F2N5O/c1-16-14-9(13-15-16)12-8(17)5-3-2-4-6(10)7(5)11/h2-4H,1H3,(H,12,14,17). The van der Waals surface area contributed by atoms with Gasteiger partial charge < -0.3 is 0 Å². The average molecular weight is 239 g/mol. The van der Waals surface area contributed by atoms with E-state index in [4.69, 9.17) is 0 Å². The summed E-state index contributed by atoms with van der Waals surface area (Å²) >= 11 is 0. The molecule has 0 unspecified atom stereocenters. The van der Waals surface area contributed by atoms with Crippen LogP contribution in [0.25, 0.3) is 0 Å². The van der Waals surface area contributed by atoms with Crippen LogP contribution in [0.5, 0.6) is 0 Å². The molecule has 1 aromatic carbocycles. The molecule has 0 aliphatic carbocycles. The second kappa shape index (κ2) is 4.24. The molecule has 0 aliphatic heterocycles. The fraction of sp³-hybridized carbons (Fsp3) is 0.111. The molecule has 88 valence electrons. The molecule has 8 heteroatoms. The molecule has 17 heavy (non-hydrogen) atoms. The molecule has 0 atom stereocenters.